The van der Waals surface area contributed by atoms with Gasteiger partial charge in [-0.15, -0.1) is 11.8 Å². The zero-order chi connectivity index (χ0) is 16.4. The Kier molecular flexibility index (Phi) is 5.17. The number of hydrogen-bond acceptors (Lipinski definition) is 4. The van der Waals surface area contributed by atoms with Crippen LogP contribution in [-0.4, -0.2) is 35.2 Å². The predicted molar refractivity (Wildman–Crippen MR) is 91.3 cm³/mol. The average molecular weight is 354 g/mol. The van der Waals surface area contributed by atoms with Gasteiger partial charge in [0.2, 0.25) is 5.91 Å². The molecule has 1 heterocycles. The topological polar surface area (TPSA) is 46.6 Å². The van der Waals surface area contributed by atoms with Crippen LogP contribution in [0.1, 0.15) is 37.1 Å². The first kappa shape index (κ1) is 16.7. The summed E-state index contributed by atoms with van der Waals surface area (Å²) in [6.45, 7) is 2.35. The number of amides is 1. The maximum absolute atomic E-state index is 12.8. The van der Waals surface area contributed by atoms with E-state index in [4.69, 9.17) is 16.3 Å². The van der Waals surface area contributed by atoms with Crippen LogP contribution < -0.4 is 0 Å². The zero-order valence-electron chi connectivity index (χ0n) is 13.0. The number of benzene rings is 1. The molecule has 0 aromatic heterocycles. The Morgan fingerprint density at radius 2 is 2.09 bits per heavy atom. The molecule has 1 aromatic rings. The van der Waals surface area contributed by atoms with Crippen molar-refractivity contribution in [3.05, 3.63) is 34.9 Å². The van der Waals surface area contributed by atoms with Gasteiger partial charge in [-0.1, -0.05) is 36.7 Å². The second-order valence-electron chi connectivity index (χ2n) is 5.91. The molecule has 23 heavy (non-hydrogen) atoms. The molecule has 1 amide bonds. The van der Waals surface area contributed by atoms with Crippen LogP contribution in [0.4, 0.5) is 0 Å². The summed E-state index contributed by atoms with van der Waals surface area (Å²) in [5.41, 5.74) is 0.888. The van der Waals surface area contributed by atoms with Gasteiger partial charge < -0.3 is 9.64 Å². The van der Waals surface area contributed by atoms with Crippen molar-refractivity contribution in [2.24, 2.45) is 5.92 Å². The van der Waals surface area contributed by atoms with E-state index < -0.39 is 6.04 Å². The van der Waals surface area contributed by atoms with E-state index in [0.29, 0.717) is 17.4 Å². The van der Waals surface area contributed by atoms with Crippen molar-refractivity contribution in [2.45, 2.75) is 37.6 Å². The number of ether oxygens (including phenoxy) is 1. The minimum absolute atomic E-state index is 0.0540. The molecule has 2 fully saturated rings. The summed E-state index contributed by atoms with van der Waals surface area (Å²) < 4.78 is 5.29. The van der Waals surface area contributed by atoms with Crippen LogP contribution in [0.25, 0.3) is 0 Å². The molecule has 4 nitrogen and oxygen atoms in total. The number of carbonyl (C=O) groups excluding carboxylic acids is 2. The molecule has 1 saturated heterocycles. The molecule has 2 unspecified atom stereocenters. The SMILES string of the molecule is CCCOC(=O)C1CSC(c2ccccc2Cl)N1C(=O)C1CC1. The van der Waals surface area contributed by atoms with Gasteiger partial charge >= 0.3 is 5.97 Å². The quantitative estimate of drug-likeness (QED) is 0.758. The Morgan fingerprint density at radius 1 is 1.35 bits per heavy atom. The van der Waals surface area contributed by atoms with Gasteiger partial charge in [-0.3, -0.25) is 4.79 Å². The molecule has 2 aliphatic rings. The molecule has 1 aliphatic carbocycles. The second-order valence-corrected chi connectivity index (χ2v) is 7.43. The molecule has 0 spiro atoms. The summed E-state index contributed by atoms with van der Waals surface area (Å²) >= 11 is 7.89. The van der Waals surface area contributed by atoms with E-state index in [2.05, 4.69) is 0 Å². The average Bonchev–Trinajstić information content (AvgIpc) is 3.31. The lowest BCUT2D eigenvalue weighted by molar-refractivity contribution is -0.154. The summed E-state index contributed by atoms with van der Waals surface area (Å²) in [5.74, 6) is 0.359. The van der Waals surface area contributed by atoms with E-state index in [0.717, 1.165) is 24.8 Å². The maximum Gasteiger partial charge on any atom is 0.329 e. The molecular formula is C17H20ClNO3S. The first-order valence-corrected chi connectivity index (χ1v) is 9.41. The normalized spacial score (nSPS) is 23.8. The fourth-order valence-corrected chi connectivity index (χ4v) is 4.47. The monoisotopic (exact) mass is 353 g/mol. The highest BCUT2D eigenvalue weighted by atomic mass is 35.5. The van der Waals surface area contributed by atoms with Crippen molar-refractivity contribution in [1.29, 1.82) is 0 Å². The molecular weight excluding hydrogens is 334 g/mol. The van der Waals surface area contributed by atoms with E-state index in [1.807, 2.05) is 31.2 Å². The molecule has 2 atom stereocenters. The van der Waals surface area contributed by atoms with Gasteiger partial charge in [0.25, 0.3) is 0 Å². The molecule has 0 radical (unpaired) electrons. The summed E-state index contributed by atoms with van der Waals surface area (Å²) in [5, 5.41) is 0.414. The largest absolute Gasteiger partial charge is 0.464 e. The Bertz CT molecular complexity index is 605. The number of rotatable bonds is 5. The van der Waals surface area contributed by atoms with E-state index in [1.165, 1.54) is 0 Å². The fourth-order valence-electron chi connectivity index (χ4n) is 2.71. The van der Waals surface area contributed by atoms with Crippen molar-refractivity contribution >= 4 is 35.2 Å². The van der Waals surface area contributed by atoms with Gasteiger partial charge in [0.05, 0.1) is 6.61 Å². The van der Waals surface area contributed by atoms with Crippen LogP contribution >= 0.6 is 23.4 Å². The standard InChI is InChI=1S/C17H20ClNO3S/c1-2-9-22-17(21)14-10-23-16(12-5-3-4-6-13(12)18)19(14)15(20)11-7-8-11/h3-6,11,14,16H,2,7-10H2,1H3. The number of nitrogens with zero attached hydrogens (tertiary/aromatic N) is 1. The van der Waals surface area contributed by atoms with Crippen molar-refractivity contribution in [1.82, 2.24) is 4.90 Å². The molecule has 3 rings (SSSR count). The van der Waals surface area contributed by atoms with Crippen LogP contribution in [0.5, 0.6) is 0 Å². The Labute approximate surface area is 145 Å². The predicted octanol–water partition coefficient (Wildman–Crippen LogP) is 3.65. The van der Waals surface area contributed by atoms with Crippen LogP contribution in [-0.2, 0) is 14.3 Å². The van der Waals surface area contributed by atoms with E-state index in [9.17, 15) is 9.59 Å². The fraction of sp³-hybridized carbons (Fsp3) is 0.529. The van der Waals surface area contributed by atoms with Crippen molar-refractivity contribution in [3.8, 4) is 0 Å². The second kappa shape index (κ2) is 7.14. The Hall–Kier alpha value is -1.20. The Balaban J connectivity index is 1.86. The molecule has 1 saturated carbocycles. The number of esters is 1. The number of thioether (sulfide) groups is 1. The van der Waals surface area contributed by atoms with E-state index in [-0.39, 0.29) is 23.2 Å². The lowest BCUT2D eigenvalue weighted by atomic mass is 10.1. The van der Waals surface area contributed by atoms with Gasteiger partial charge in [0.1, 0.15) is 11.4 Å². The van der Waals surface area contributed by atoms with Gasteiger partial charge in [0, 0.05) is 22.3 Å². The number of halogens is 1. The molecule has 124 valence electrons. The molecule has 1 aliphatic heterocycles. The minimum atomic E-state index is -0.513. The molecule has 0 bridgehead atoms. The third-order valence-electron chi connectivity index (χ3n) is 4.07. The maximum atomic E-state index is 12.8. The van der Waals surface area contributed by atoms with Crippen LogP contribution in [0.3, 0.4) is 0 Å². The molecule has 0 N–H and O–H groups in total. The third-order valence-corrected chi connectivity index (χ3v) is 5.72. The number of carbonyl (C=O) groups is 2. The first-order valence-electron chi connectivity index (χ1n) is 7.98. The van der Waals surface area contributed by atoms with E-state index in [1.54, 1.807) is 16.7 Å². The Morgan fingerprint density at radius 3 is 2.74 bits per heavy atom. The minimum Gasteiger partial charge on any atom is -0.464 e. The van der Waals surface area contributed by atoms with Crippen molar-refractivity contribution < 1.29 is 14.3 Å². The van der Waals surface area contributed by atoms with Gasteiger partial charge in [-0.2, -0.15) is 0 Å². The highest BCUT2D eigenvalue weighted by Crippen LogP contribution is 2.46. The van der Waals surface area contributed by atoms with Crippen LogP contribution in [0.2, 0.25) is 5.02 Å². The first-order chi connectivity index (χ1) is 11.1. The lowest BCUT2D eigenvalue weighted by Crippen LogP contribution is -2.44. The van der Waals surface area contributed by atoms with Gasteiger partial charge in [-0.05, 0) is 25.3 Å². The van der Waals surface area contributed by atoms with Crippen molar-refractivity contribution in [3.63, 3.8) is 0 Å². The summed E-state index contributed by atoms with van der Waals surface area (Å²) in [6, 6.07) is 7.00. The summed E-state index contributed by atoms with van der Waals surface area (Å²) in [7, 11) is 0. The highest BCUT2D eigenvalue weighted by molar-refractivity contribution is 7.99. The smallest absolute Gasteiger partial charge is 0.329 e. The third kappa shape index (κ3) is 3.50. The highest BCUT2D eigenvalue weighted by Gasteiger charge is 2.47. The molecule has 1 aromatic carbocycles. The molecule has 6 heteroatoms. The van der Waals surface area contributed by atoms with Crippen molar-refractivity contribution in [2.75, 3.05) is 12.4 Å². The summed E-state index contributed by atoms with van der Waals surface area (Å²) in [4.78, 5) is 26.8. The van der Waals surface area contributed by atoms with Gasteiger partial charge in [0.15, 0.2) is 0 Å². The van der Waals surface area contributed by atoms with Crippen LogP contribution in [0.15, 0.2) is 24.3 Å². The van der Waals surface area contributed by atoms with Gasteiger partial charge in [-0.25, -0.2) is 4.79 Å². The lowest BCUT2D eigenvalue weighted by Gasteiger charge is -2.29. The van der Waals surface area contributed by atoms with Crippen LogP contribution in [0, 0.1) is 5.92 Å². The zero-order valence-corrected chi connectivity index (χ0v) is 14.6. The summed E-state index contributed by atoms with van der Waals surface area (Å²) in [6.07, 6.45) is 2.59. The van der Waals surface area contributed by atoms with E-state index >= 15 is 0 Å². The number of hydrogen-bond donors (Lipinski definition) is 0.